The molecule has 0 aromatic heterocycles. The molecule has 1 rings (SSSR count). The van der Waals surface area contributed by atoms with Crippen molar-refractivity contribution in [3.63, 3.8) is 0 Å². The third-order valence-electron chi connectivity index (χ3n) is 1.54. The van der Waals surface area contributed by atoms with Crippen molar-refractivity contribution in [2.24, 2.45) is 5.73 Å². The van der Waals surface area contributed by atoms with Crippen LogP contribution in [0, 0.1) is 11.6 Å². The van der Waals surface area contributed by atoms with Gasteiger partial charge in [0.25, 0.3) is 5.92 Å². The van der Waals surface area contributed by atoms with Gasteiger partial charge in [-0.2, -0.15) is 8.78 Å². The normalized spacial score (nSPS) is 10.9. The molecule has 1 nitrogen and oxygen atoms in total. The second-order valence-electron chi connectivity index (χ2n) is 2.57. The largest absolute Gasteiger partial charge is 0.325 e. The minimum absolute atomic E-state index is 0. The Hall–Kier alpha value is -0.810. The van der Waals surface area contributed by atoms with E-state index in [1.54, 1.807) is 0 Å². The van der Waals surface area contributed by atoms with E-state index in [4.69, 9.17) is 5.73 Å². The lowest BCUT2D eigenvalue weighted by Crippen LogP contribution is -2.25. The van der Waals surface area contributed by atoms with Gasteiger partial charge in [0.1, 0.15) is 11.6 Å². The van der Waals surface area contributed by atoms with Crippen LogP contribution in [0.3, 0.4) is 0 Å². The van der Waals surface area contributed by atoms with Gasteiger partial charge >= 0.3 is 0 Å². The molecule has 0 heterocycles. The summed E-state index contributed by atoms with van der Waals surface area (Å²) in [5, 5.41) is 0. The Bertz CT molecular complexity index is 296. The smallest absolute Gasteiger partial charge is 0.285 e. The van der Waals surface area contributed by atoms with Crippen molar-refractivity contribution < 1.29 is 17.6 Å². The Balaban J connectivity index is 0.00000169. The molecule has 6 heteroatoms. The Morgan fingerprint density at radius 1 is 1.07 bits per heavy atom. The van der Waals surface area contributed by atoms with Crippen LogP contribution in [0.2, 0.25) is 0 Å². The van der Waals surface area contributed by atoms with Crippen LogP contribution in [0.4, 0.5) is 17.6 Å². The molecule has 0 saturated heterocycles. The summed E-state index contributed by atoms with van der Waals surface area (Å²) in [6, 6.07) is 1.65. The number of hydrogen-bond acceptors (Lipinski definition) is 1. The standard InChI is InChI=1S/C8H7F4N.ClH/c9-6-1-5(2-7(10)3-6)8(11,12)4-13;/h1-3H,4,13H2;1H. The minimum atomic E-state index is -3.39. The molecule has 0 aliphatic heterocycles. The van der Waals surface area contributed by atoms with Crippen LogP contribution in [0.5, 0.6) is 0 Å². The first kappa shape index (κ1) is 13.2. The van der Waals surface area contributed by atoms with Gasteiger partial charge in [-0.25, -0.2) is 8.78 Å². The lowest BCUT2D eigenvalue weighted by atomic mass is 10.1. The highest BCUT2D eigenvalue weighted by Crippen LogP contribution is 2.27. The fourth-order valence-corrected chi connectivity index (χ4v) is 0.883. The third-order valence-corrected chi connectivity index (χ3v) is 1.54. The zero-order chi connectivity index (χ0) is 10.1. The number of benzene rings is 1. The van der Waals surface area contributed by atoms with E-state index in [1.165, 1.54) is 0 Å². The summed E-state index contributed by atoms with van der Waals surface area (Å²) in [6.45, 7) is -0.976. The zero-order valence-electron chi connectivity index (χ0n) is 6.94. The van der Waals surface area contributed by atoms with E-state index in [1.807, 2.05) is 0 Å². The first-order valence-corrected chi connectivity index (χ1v) is 3.50. The maximum absolute atomic E-state index is 12.8. The van der Waals surface area contributed by atoms with Crippen LogP contribution in [-0.2, 0) is 5.92 Å². The molecule has 0 aliphatic carbocycles. The van der Waals surface area contributed by atoms with Gasteiger partial charge in [-0.15, -0.1) is 12.4 Å². The summed E-state index contributed by atoms with van der Waals surface area (Å²) < 4.78 is 50.5. The highest BCUT2D eigenvalue weighted by atomic mass is 35.5. The van der Waals surface area contributed by atoms with Crippen molar-refractivity contribution in [1.29, 1.82) is 0 Å². The van der Waals surface area contributed by atoms with E-state index in [2.05, 4.69) is 0 Å². The van der Waals surface area contributed by atoms with Gasteiger partial charge in [-0.3, -0.25) is 0 Å². The quantitative estimate of drug-likeness (QED) is 0.775. The van der Waals surface area contributed by atoms with Crippen molar-refractivity contribution in [3.05, 3.63) is 35.4 Å². The van der Waals surface area contributed by atoms with Crippen molar-refractivity contribution >= 4 is 12.4 Å². The highest BCUT2D eigenvalue weighted by molar-refractivity contribution is 5.85. The van der Waals surface area contributed by atoms with Gasteiger partial charge in [-0.05, 0) is 12.1 Å². The van der Waals surface area contributed by atoms with Gasteiger partial charge < -0.3 is 5.73 Å². The zero-order valence-corrected chi connectivity index (χ0v) is 7.75. The van der Waals surface area contributed by atoms with Crippen LogP contribution in [0.25, 0.3) is 0 Å². The van der Waals surface area contributed by atoms with Gasteiger partial charge in [0.15, 0.2) is 0 Å². The fourth-order valence-electron chi connectivity index (χ4n) is 0.883. The summed E-state index contributed by atoms with van der Waals surface area (Å²) >= 11 is 0. The monoisotopic (exact) mass is 229 g/mol. The highest BCUT2D eigenvalue weighted by Gasteiger charge is 2.30. The average molecular weight is 230 g/mol. The molecule has 14 heavy (non-hydrogen) atoms. The van der Waals surface area contributed by atoms with Crippen molar-refractivity contribution in [2.75, 3.05) is 6.54 Å². The number of rotatable bonds is 2. The third kappa shape index (κ3) is 2.85. The average Bonchev–Trinajstić information content (AvgIpc) is 2.02. The maximum Gasteiger partial charge on any atom is 0.285 e. The topological polar surface area (TPSA) is 26.0 Å². The molecule has 1 aromatic rings. The SMILES string of the molecule is Cl.NCC(F)(F)c1cc(F)cc(F)c1. The molecular formula is C8H8ClF4N. The number of nitrogens with two attached hydrogens (primary N) is 1. The molecule has 1 aromatic carbocycles. The molecule has 2 N–H and O–H groups in total. The molecular weight excluding hydrogens is 222 g/mol. The maximum atomic E-state index is 12.8. The van der Waals surface area contributed by atoms with E-state index in [0.717, 1.165) is 0 Å². The molecule has 0 unspecified atom stereocenters. The first-order chi connectivity index (χ1) is 5.95. The van der Waals surface area contributed by atoms with Gasteiger partial charge in [0, 0.05) is 11.6 Å². The van der Waals surface area contributed by atoms with Crippen molar-refractivity contribution in [1.82, 2.24) is 0 Å². The fraction of sp³-hybridized carbons (Fsp3) is 0.250. The Kier molecular flexibility index (Phi) is 4.35. The lowest BCUT2D eigenvalue weighted by Gasteiger charge is -2.13. The van der Waals surface area contributed by atoms with Crippen LogP contribution < -0.4 is 5.73 Å². The van der Waals surface area contributed by atoms with Crippen LogP contribution in [0.15, 0.2) is 18.2 Å². The lowest BCUT2D eigenvalue weighted by molar-refractivity contribution is 0.00533. The number of alkyl halides is 2. The Morgan fingerprint density at radius 3 is 1.86 bits per heavy atom. The molecule has 0 bridgehead atoms. The molecule has 0 radical (unpaired) electrons. The summed E-state index contributed by atoms with van der Waals surface area (Å²) in [6.07, 6.45) is 0. The molecule has 0 atom stereocenters. The second kappa shape index (κ2) is 4.61. The molecule has 0 fully saturated rings. The van der Waals surface area contributed by atoms with Gasteiger partial charge in [0.05, 0.1) is 6.54 Å². The van der Waals surface area contributed by atoms with Gasteiger partial charge in [0.2, 0.25) is 0 Å². The van der Waals surface area contributed by atoms with Crippen molar-refractivity contribution in [3.8, 4) is 0 Å². The number of halogens is 5. The predicted molar refractivity (Wildman–Crippen MR) is 46.6 cm³/mol. The van der Waals surface area contributed by atoms with Crippen LogP contribution in [-0.4, -0.2) is 6.54 Å². The van der Waals surface area contributed by atoms with Crippen molar-refractivity contribution in [2.45, 2.75) is 5.92 Å². The van der Waals surface area contributed by atoms with E-state index in [0.29, 0.717) is 18.2 Å². The summed E-state index contributed by atoms with van der Waals surface area (Å²) in [5.74, 6) is -5.46. The summed E-state index contributed by atoms with van der Waals surface area (Å²) in [4.78, 5) is 0. The summed E-state index contributed by atoms with van der Waals surface area (Å²) in [7, 11) is 0. The van der Waals surface area contributed by atoms with Gasteiger partial charge in [-0.1, -0.05) is 0 Å². The Morgan fingerprint density at radius 2 is 1.50 bits per heavy atom. The first-order valence-electron chi connectivity index (χ1n) is 3.50. The van der Waals surface area contributed by atoms with E-state index < -0.39 is 29.7 Å². The Labute approximate surface area is 84.3 Å². The molecule has 0 spiro atoms. The predicted octanol–water partition coefficient (Wildman–Crippen LogP) is 2.44. The molecule has 0 amide bonds. The van der Waals surface area contributed by atoms with E-state index in [-0.39, 0.29) is 12.4 Å². The van der Waals surface area contributed by atoms with Crippen LogP contribution >= 0.6 is 12.4 Å². The van der Waals surface area contributed by atoms with E-state index in [9.17, 15) is 17.6 Å². The second-order valence-corrected chi connectivity index (χ2v) is 2.57. The molecule has 80 valence electrons. The van der Waals surface area contributed by atoms with Crippen LogP contribution in [0.1, 0.15) is 5.56 Å². The molecule has 0 aliphatic rings. The minimum Gasteiger partial charge on any atom is -0.325 e. The summed E-state index contributed by atoms with van der Waals surface area (Å²) in [5.41, 5.74) is 4.00. The number of hydrogen-bond donors (Lipinski definition) is 1. The molecule has 0 saturated carbocycles. The van der Waals surface area contributed by atoms with E-state index >= 15 is 0 Å².